The molecule has 2 aromatic rings. The van der Waals surface area contributed by atoms with Gasteiger partial charge in [-0.05, 0) is 12.5 Å². The second-order valence-corrected chi connectivity index (χ2v) is 8.21. The van der Waals surface area contributed by atoms with E-state index in [1.807, 2.05) is 60.7 Å². The zero-order valence-electron chi connectivity index (χ0n) is 19.8. The number of rotatable bonds is 8. The maximum absolute atomic E-state index is 12.2. The molecule has 0 radical (unpaired) electrons. The second-order valence-electron chi connectivity index (χ2n) is 8.21. The van der Waals surface area contributed by atoms with Crippen molar-refractivity contribution in [2.24, 2.45) is 0 Å². The molecule has 186 valence electrons. The zero-order valence-corrected chi connectivity index (χ0v) is 19.8. The van der Waals surface area contributed by atoms with Crippen LogP contribution in [0, 0.1) is 0 Å². The Morgan fingerprint density at radius 3 is 2.43 bits per heavy atom. The molecule has 1 N–H and O–H groups in total. The molecular weight excluding hydrogens is 454 g/mol. The van der Waals surface area contributed by atoms with Crippen LogP contribution in [0.5, 0.6) is 0 Å². The number of carbonyl (C=O) groups is 2. The Kier molecular flexibility index (Phi) is 8.02. The lowest BCUT2D eigenvalue weighted by atomic mass is 10.0. The molecule has 0 saturated carbocycles. The second kappa shape index (κ2) is 11.4. The lowest BCUT2D eigenvalue weighted by Crippen LogP contribution is -2.56. The summed E-state index contributed by atoms with van der Waals surface area (Å²) in [6.07, 6.45) is -3.82. The Morgan fingerprint density at radius 1 is 1.09 bits per heavy atom. The normalized spacial score (nSPS) is 24.5. The van der Waals surface area contributed by atoms with Crippen molar-refractivity contribution in [3.05, 3.63) is 83.4 Å². The number of methoxy groups -OCH3 is 1. The van der Waals surface area contributed by atoms with Crippen molar-refractivity contribution >= 4 is 11.9 Å². The van der Waals surface area contributed by atoms with Crippen molar-refractivity contribution in [3.63, 3.8) is 0 Å². The van der Waals surface area contributed by atoms with Gasteiger partial charge in [-0.25, -0.2) is 4.79 Å². The fourth-order valence-corrected chi connectivity index (χ4v) is 3.91. The maximum Gasteiger partial charge on any atom is 0.334 e. The molecule has 1 fully saturated rings. The SMILES string of the molecule is COC(=O)C(C)O[C@@H]1C(NC(C)=O)=C(OCc2ccccc2)OC2COC(c3ccccc3)O[C@H]21. The predicted octanol–water partition coefficient (Wildman–Crippen LogP) is 2.97. The minimum absolute atomic E-state index is 0.0812. The van der Waals surface area contributed by atoms with Crippen molar-refractivity contribution in [1.82, 2.24) is 5.32 Å². The lowest BCUT2D eigenvalue weighted by molar-refractivity contribution is -0.296. The first-order chi connectivity index (χ1) is 17.0. The highest BCUT2D eigenvalue weighted by molar-refractivity contribution is 5.75. The van der Waals surface area contributed by atoms with Crippen LogP contribution in [-0.4, -0.2) is 50.0 Å². The zero-order chi connectivity index (χ0) is 24.8. The van der Waals surface area contributed by atoms with E-state index in [0.717, 1.165) is 11.1 Å². The number of hydrogen-bond acceptors (Lipinski definition) is 8. The number of hydrogen-bond donors (Lipinski definition) is 1. The van der Waals surface area contributed by atoms with Gasteiger partial charge in [0, 0.05) is 12.5 Å². The highest BCUT2D eigenvalue weighted by Gasteiger charge is 2.48. The molecule has 9 nitrogen and oxygen atoms in total. The smallest absolute Gasteiger partial charge is 0.334 e. The summed E-state index contributed by atoms with van der Waals surface area (Å²) in [5.74, 6) is -0.833. The van der Waals surface area contributed by atoms with Crippen LogP contribution in [-0.2, 0) is 44.6 Å². The Labute approximate surface area is 203 Å². The lowest BCUT2D eigenvalue weighted by Gasteiger charge is -2.44. The van der Waals surface area contributed by atoms with E-state index >= 15 is 0 Å². The molecule has 0 aromatic heterocycles. The van der Waals surface area contributed by atoms with Crippen LogP contribution >= 0.6 is 0 Å². The molecule has 3 unspecified atom stereocenters. The van der Waals surface area contributed by atoms with E-state index in [4.69, 9.17) is 28.4 Å². The number of carbonyl (C=O) groups excluding carboxylic acids is 2. The third kappa shape index (κ3) is 6.00. The summed E-state index contributed by atoms with van der Waals surface area (Å²) in [4.78, 5) is 24.3. The van der Waals surface area contributed by atoms with Crippen LogP contribution in [0.15, 0.2) is 72.3 Å². The molecule has 5 atom stereocenters. The molecule has 0 bridgehead atoms. The van der Waals surface area contributed by atoms with Crippen molar-refractivity contribution in [2.75, 3.05) is 13.7 Å². The first-order valence-corrected chi connectivity index (χ1v) is 11.4. The van der Waals surface area contributed by atoms with Gasteiger partial charge in [0.05, 0.1) is 13.7 Å². The molecule has 1 saturated heterocycles. The molecular formula is C26H29NO8. The molecule has 1 amide bonds. The molecule has 9 heteroatoms. The minimum Gasteiger partial charge on any atom is -0.467 e. The molecule has 2 heterocycles. The van der Waals surface area contributed by atoms with E-state index < -0.39 is 36.7 Å². The summed E-state index contributed by atoms with van der Waals surface area (Å²) in [5.41, 5.74) is 1.97. The average Bonchev–Trinajstić information content (AvgIpc) is 2.89. The van der Waals surface area contributed by atoms with Crippen LogP contribution in [0.25, 0.3) is 0 Å². The summed E-state index contributed by atoms with van der Waals surface area (Å²) in [6, 6.07) is 19.0. The molecule has 4 rings (SSSR count). The van der Waals surface area contributed by atoms with Gasteiger partial charge in [-0.15, -0.1) is 0 Å². The van der Waals surface area contributed by atoms with Crippen LogP contribution in [0.1, 0.15) is 31.3 Å². The van der Waals surface area contributed by atoms with E-state index in [0.29, 0.717) is 0 Å². The number of esters is 1. The van der Waals surface area contributed by atoms with Gasteiger partial charge >= 0.3 is 11.9 Å². The number of ether oxygens (including phenoxy) is 6. The van der Waals surface area contributed by atoms with Crippen molar-refractivity contribution in [2.45, 2.75) is 51.2 Å². The van der Waals surface area contributed by atoms with Crippen LogP contribution < -0.4 is 5.32 Å². The molecule has 2 aliphatic heterocycles. The standard InChI is InChI=1S/C26H29NO8/c1-16(24(29)30-3)33-23-21(27-17(2)28)26(31-14-18-10-6-4-7-11-18)34-20-15-32-25(35-22(20)23)19-12-8-5-9-13-19/h4-13,16,20,22-23,25H,14-15H2,1-3H3,(H,27,28)/t16?,20?,22-,23-,25?/m1/s1. The van der Waals surface area contributed by atoms with E-state index in [9.17, 15) is 9.59 Å². The van der Waals surface area contributed by atoms with Gasteiger partial charge in [-0.3, -0.25) is 4.79 Å². The topological polar surface area (TPSA) is 102 Å². The largest absolute Gasteiger partial charge is 0.467 e. The number of benzene rings is 2. The van der Waals surface area contributed by atoms with Gasteiger partial charge in [-0.1, -0.05) is 60.7 Å². The van der Waals surface area contributed by atoms with Gasteiger partial charge in [-0.2, -0.15) is 0 Å². The van der Waals surface area contributed by atoms with Crippen LogP contribution in [0.2, 0.25) is 0 Å². The summed E-state index contributed by atoms with van der Waals surface area (Å²) < 4.78 is 35.2. The predicted molar refractivity (Wildman–Crippen MR) is 123 cm³/mol. The molecule has 2 aromatic carbocycles. The quantitative estimate of drug-likeness (QED) is 0.572. The first kappa shape index (κ1) is 24.7. The van der Waals surface area contributed by atoms with Gasteiger partial charge in [0.1, 0.15) is 24.5 Å². The fraction of sp³-hybridized carbons (Fsp3) is 0.385. The van der Waals surface area contributed by atoms with Crippen molar-refractivity contribution in [1.29, 1.82) is 0 Å². The van der Waals surface area contributed by atoms with Crippen molar-refractivity contribution in [3.8, 4) is 0 Å². The summed E-state index contributed by atoms with van der Waals surface area (Å²) in [5, 5.41) is 2.76. The van der Waals surface area contributed by atoms with Gasteiger partial charge in [0.25, 0.3) is 0 Å². The molecule has 2 aliphatic rings. The highest BCUT2D eigenvalue weighted by atomic mass is 16.7. The number of fused-ring (bicyclic) bond motifs is 1. The Hall–Kier alpha value is -3.40. The average molecular weight is 484 g/mol. The summed E-state index contributed by atoms with van der Waals surface area (Å²) in [6.45, 7) is 3.32. The van der Waals surface area contributed by atoms with Crippen LogP contribution in [0.3, 0.4) is 0 Å². The van der Waals surface area contributed by atoms with E-state index in [-0.39, 0.29) is 30.8 Å². The fourth-order valence-electron chi connectivity index (χ4n) is 3.91. The summed E-state index contributed by atoms with van der Waals surface area (Å²) in [7, 11) is 1.28. The first-order valence-electron chi connectivity index (χ1n) is 11.4. The Bertz CT molecular complexity index is 1040. The van der Waals surface area contributed by atoms with Crippen molar-refractivity contribution < 1.29 is 38.0 Å². The highest BCUT2D eigenvalue weighted by Crippen LogP contribution is 2.37. The number of nitrogens with one attached hydrogen (secondary N) is 1. The van der Waals surface area contributed by atoms with Crippen LogP contribution in [0.4, 0.5) is 0 Å². The summed E-state index contributed by atoms with van der Waals surface area (Å²) >= 11 is 0. The van der Waals surface area contributed by atoms with Gasteiger partial charge < -0.3 is 33.7 Å². The minimum atomic E-state index is -0.940. The van der Waals surface area contributed by atoms with E-state index in [1.54, 1.807) is 6.92 Å². The van der Waals surface area contributed by atoms with E-state index in [1.165, 1.54) is 14.0 Å². The Morgan fingerprint density at radius 2 is 1.77 bits per heavy atom. The molecule has 35 heavy (non-hydrogen) atoms. The number of amides is 1. The maximum atomic E-state index is 12.2. The Balaban J connectivity index is 1.66. The van der Waals surface area contributed by atoms with Gasteiger partial charge in [0.15, 0.2) is 18.5 Å². The molecule has 0 spiro atoms. The molecule has 0 aliphatic carbocycles. The third-order valence-corrected chi connectivity index (χ3v) is 5.60. The monoisotopic (exact) mass is 483 g/mol. The van der Waals surface area contributed by atoms with Gasteiger partial charge in [0.2, 0.25) is 5.91 Å². The third-order valence-electron chi connectivity index (χ3n) is 5.60. The van der Waals surface area contributed by atoms with E-state index in [2.05, 4.69) is 5.32 Å².